The molecule has 0 aliphatic heterocycles. The second-order valence-corrected chi connectivity index (χ2v) is 4.30. The molecule has 0 spiro atoms. The summed E-state index contributed by atoms with van der Waals surface area (Å²) < 4.78 is 0. The van der Waals surface area contributed by atoms with Gasteiger partial charge in [0.25, 0.3) is 0 Å². The van der Waals surface area contributed by atoms with E-state index in [9.17, 15) is 9.59 Å². The van der Waals surface area contributed by atoms with E-state index in [1.54, 1.807) is 6.92 Å². The first kappa shape index (κ1) is 20.2. The minimum Gasteiger partial charge on any atom is -0.481 e. The minimum absolute atomic E-state index is 0.245. The minimum atomic E-state index is -1.12. The lowest BCUT2D eigenvalue weighted by atomic mass is 10.1. The smallest absolute Gasteiger partial charge is 0.303 e. The Morgan fingerprint density at radius 3 is 1.26 bits per heavy atom. The Bertz CT molecular complexity index is 207. The van der Waals surface area contributed by atoms with Gasteiger partial charge in [0.15, 0.2) is 6.29 Å². The number of aliphatic carboxylic acids is 2. The highest BCUT2D eigenvalue weighted by molar-refractivity contribution is 5.66. The second-order valence-electron chi connectivity index (χ2n) is 4.30. The van der Waals surface area contributed by atoms with E-state index in [-0.39, 0.29) is 12.8 Å². The molecule has 0 atom stereocenters. The van der Waals surface area contributed by atoms with Crippen molar-refractivity contribution >= 4 is 11.9 Å². The molecule has 4 N–H and O–H groups in total. The molecular weight excluding hydrogens is 252 g/mol. The van der Waals surface area contributed by atoms with Gasteiger partial charge in [-0.1, -0.05) is 32.6 Å². The van der Waals surface area contributed by atoms with Gasteiger partial charge in [-0.3, -0.25) is 9.59 Å². The van der Waals surface area contributed by atoms with Gasteiger partial charge in [0.1, 0.15) is 0 Å². The first-order valence-electron chi connectivity index (χ1n) is 6.69. The van der Waals surface area contributed by atoms with Crippen molar-refractivity contribution in [2.45, 2.75) is 71.0 Å². The molecule has 0 fully saturated rings. The lowest BCUT2D eigenvalue weighted by molar-refractivity contribution is -0.138. The Balaban J connectivity index is 0. The summed E-state index contributed by atoms with van der Waals surface area (Å²) in [6, 6.07) is 0. The molecule has 0 radical (unpaired) electrons. The zero-order valence-electron chi connectivity index (χ0n) is 11.5. The van der Waals surface area contributed by atoms with Crippen LogP contribution in [0.1, 0.15) is 64.7 Å². The number of carboxylic acid groups (broad SMARTS) is 2. The maximum atomic E-state index is 10.1. The quantitative estimate of drug-likeness (QED) is 0.359. The first-order valence-corrected chi connectivity index (χ1v) is 6.69. The Hall–Kier alpha value is -1.14. The zero-order valence-corrected chi connectivity index (χ0v) is 11.5. The molecule has 0 rings (SSSR count). The van der Waals surface area contributed by atoms with Crippen LogP contribution in [0.5, 0.6) is 0 Å². The van der Waals surface area contributed by atoms with Crippen LogP contribution >= 0.6 is 0 Å². The average molecular weight is 278 g/mol. The van der Waals surface area contributed by atoms with E-state index < -0.39 is 18.2 Å². The van der Waals surface area contributed by atoms with Gasteiger partial charge in [0.2, 0.25) is 0 Å². The van der Waals surface area contributed by atoms with Crippen LogP contribution in [-0.4, -0.2) is 38.7 Å². The largest absolute Gasteiger partial charge is 0.481 e. The molecule has 0 aliphatic rings. The van der Waals surface area contributed by atoms with Gasteiger partial charge in [0, 0.05) is 12.8 Å². The number of carbonyl (C=O) groups is 2. The zero-order chi connectivity index (χ0) is 15.1. The molecular formula is C13H26O6. The van der Waals surface area contributed by atoms with Gasteiger partial charge in [0.05, 0.1) is 0 Å². The van der Waals surface area contributed by atoms with Crippen molar-refractivity contribution in [3.8, 4) is 0 Å². The Morgan fingerprint density at radius 1 is 0.789 bits per heavy atom. The highest BCUT2D eigenvalue weighted by atomic mass is 16.5. The fourth-order valence-electron chi connectivity index (χ4n) is 1.26. The number of unbranched alkanes of at least 4 members (excludes halogenated alkanes) is 5. The van der Waals surface area contributed by atoms with Crippen molar-refractivity contribution in [1.29, 1.82) is 0 Å². The van der Waals surface area contributed by atoms with E-state index in [2.05, 4.69) is 0 Å². The summed E-state index contributed by atoms with van der Waals surface area (Å²) in [5, 5.41) is 32.5. The van der Waals surface area contributed by atoms with Gasteiger partial charge < -0.3 is 20.4 Å². The van der Waals surface area contributed by atoms with Crippen LogP contribution in [-0.2, 0) is 9.59 Å². The van der Waals surface area contributed by atoms with Crippen LogP contribution in [0.15, 0.2) is 0 Å². The topological polar surface area (TPSA) is 115 Å². The van der Waals surface area contributed by atoms with Gasteiger partial charge in [-0.25, -0.2) is 0 Å². The predicted octanol–water partition coefficient (Wildman–Crippen LogP) is 1.98. The maximum absolute atomic E-state index is 10.1. The predicted molar refractivity (Wildman–Crippen MR) is 70.7 cm³/mol. The molecule has 6 heteroatoms. The summed E-state index contributed by atoms with van der Waals surface area (Å²) >= 11 is 0. The molecule has 19 heavy (non-hydrogen) atoms. The Kier molecular flexibility index (Phi) is 15.8. The number of aliphatic hydroxyl groups excluding tert-OH is 1. The van der Waals surface area contributed by atoms with Crippen molar-refractivity contribution in [3.63, 3.8) is 0 Å². The van der Waals surface area contributed by atoms with Crippen molar-refractivity contribution in [1.82, 2.24) is 0 Å². The third-order valence-corrected chi connectivity index (χ3v) is 2.40. The lowest BCUT2D eigenvalue weighted by Crippen LogP contribution is -1.99. The van der Waals surface area contributed by atoms with E-state index >= 15 is 0 Å². The molecule has 0 aromatic rings. The number of hydrogen-bond acceptors (Lipinski definition) is 4. The van der Waals surface area contributed by atoms with E-state index in [4.69, 9.17) is 20.4 Å². The van der Waals surface area contributed by atoms with Crippen LogP contribution in [0, 0.1) is 0 Å². The van der Waals surface area contributed by atoms with Gasteiger partial charge in [-0.15, -0.1) is 0 Å². The number of aliphatic hydroxyl groups is 2. The molecule has 0 bridgehead atoms. The van der Waals surface area contributed by atoms with Crippen LogP contribution in [0.2, 0.25) is 0 Å². The van der Waals surface area contributed by atoms with E-state index in [0.29, 0.717) is 6.42 Å². The fraction of sp³-hybridized carbons (Fsp3) is 0.846. The molecule has 0 aromatic carbocycles. The maximum Gasteiger partial charge on any atom is 0.303 e. The summed E-state index contributed by atoms with van der Waals surface area (Å²) in [5.74, 6) is -1.48. The van der Waals surface area contributed by atoms with Gasteiger partial charge in [-0.2, -0.15) is 0 Å². The number of hydrogen-bond donors (Lipinski definition) is 4. The summed E-state index contributed by atoms with van der Waals surface area (Å²) in [6.45, 7) is 1.70. The molecule has 6 nitrogen and oxygen atoms in total. The molecule has 0 aromatic heterocycles. The van der Waals surface area contributed by atoms with Gasteiger partial charge >= 0.3 is 11.9 Å². The number of carboxylic acids is 2. The van der Waals surface area contributed by atoms with Crippen molar-refractivity contribution in [2.75, 3.05) is 0 Å². The molecule has 0 heterocycles. The van der Waals surface area contributed by atoms with Crippen LogP contribution < -0.4 is 0 Å². The molecule has 114 valence electrons. The van der Waals surface area contributed by atoms with E-state index in [1.807, 2.05) is 0 Å². The second kappa shape index (κ2) is 14.9. The molecule has 0 aliphatic carbocycles. The summed E-state index contributed by atoms with van der Waals surface area (Å²) in [6.07, 6.45) is 5.13. The normalized spacial score (nSPS) is 9.89. The van der Waals surface area contributed by atoms with Crippen LogP contribution in [0.3, 0.4) is 0 Å². The third-order valence-electron chi connectivity index (χ3n) is 2.40. The Morgan fingerprint density at radius 2 is 1.05 bits per heavy atom. The molecule has 0 unspecified atom stereocenters. The van der Waals surface area contributed by atoms with E-state index in [1.165, 1.54) is 0 Å². The lowest BCUT2D eigenvalue weighted by Gasteiger charge is -1.98. The molecule has 0 saturated carbocycles. The van der Waals surface area contributed by atoms with Crippen LogP contribution in [0.25, 0.3) is 0 Å². The summed E-state index contributed by atoms with van der Waals surface area (Å²) in [4.78, 5) is 20.3. The van der Waals surface area contributed by atoms with E-state index in [0.717, 1.165) is 38.5 Å². The molecule has 0 amide bonds. The SMILES string of the molecule is CCC(O)O.O=C(O)CCCCCCCCC(=O)O. The third kappa shape index (κ3) is 26.5. The molecule has 0 saturated heterocycles. The highest BCUT2D eigenvalue weighted by Gasteiger charge is 1.98. The van der Waals surface area contributed by atoms with Gasteiger partial charge in [-0.05, 0) is 19.3 Å². The van der Waals surface area contributed by atoms with Crippen LogP contribution in [0.4, 0.5) is 0 Å². The van der Waals surface area contributed by atoms with Crippen molar-refractivity contribution < 1.29 is 30.0 Å². The average Bonchev–Trinajstić information content (AvgIpc) is 2.32. The monoisotopic (exact) mass is 278 g/mol. The number of rotatable bonds is 10. The standard InChI is InChI=1S/C10H18O4.C3H8O2/c11-9(12)7-5-3-1-2-4-6-8-10(13)14;1-2-3(4)5/h1-8H2,(H,11,12)(H,13,14);3-5H,2H2,1H3. The summed E-state index contributed by atoms with van der Waals surface area (Å²) in [7, 11) is 0. The van der Waals surface area contributed by atoms with Crippen molar-refractivity contribution in [3.05, 3.63) is 0 Å². The fourth-order valence-corrected chi connectivity index (χ4v) is 1.26. The Labute approximate surface area is 114 Å². The van der Waals surface area contributed by atoms with Crippen molar-refractivity contribution in [2.24, 2.45) is 0 Å². The first-order chi connectivity index (χ1) is 8.90. The highest BCUT2D eigenvalue weighted by Crippen LogP contribution is 2.08. The summed E-state index contributed by atoms with van der Waals surface area (Å²) in [5.41, 5.74) is 0.